The standard InChI is InChI=1S/C23H19BrFN3O4/c1-31-17-6-4-5-16(12-17)23(30)28-26-13-15-9-10-21(18(24)11-15)32-14-22(29)27-20-8-3-2-7-19(20)25/h2-13H,14H2,1H3,(H,27,29)(H,28,30)/b26-13+. The lowest BCUT2D eigenvalue weighted by atomic mass is 10.2. The van der Waals surface area contributed by atoms with E-state index in [4.69, 9.17) is 9.47 Å². The number of para-hydroxylation sites is 1. The lowest BCUT2D eigenvalue weighted by molar-refractivity contribution is -0.118. The minimum atomic E-state index is -0.524. The van der Waals surface area contributed by atoms with Gasteiger partial charge in [-0.2, -0.15) is 5.10 Å². The maximum absolute atomic E-state index is 13.6. The molecule has 3 aromatic carbocycles. The maximum atomic E-state index is 13.6. The van der Waals surface area contributed by atoms with Crippen molar-refractivity contribution in [2.75, 3.05) is 19.0 Å². The van der Waals surface area contributed by atoms with Crippen molar-refractivity contribution in [3.05, 3.63) is 88.1 Å². The minimum Gasteiger partial charge on any atom is -0.497 e. The van der Waals surface area contributed by atoms with Crippen molar-refractivity contribution in [3.8, 4) is 11.5 Å². The number of amides is 2. The van der Waals surface area contributed by atoms with Crippen molar-refractivity contribution in [2.24, 2.45) is 5.10 Å². The number of ether oxygens (including phenoxy) is 2. The van der Waals surface area contributed by atoms with Crippen LogP contribution in [0.25, 0.3) is 0 Å². The quantitative estimate of drug-likeness (QED) is 0.355. The molecule has 0 aliphatic carbocycles. The summed E-state index contributed by atoms with van der Waals surface area (Å²) in [6, 6.07) is 17.6. The zero-order valence-corrected chi connectivity index (χ0v) is 18.6. The van der Waals surface area contributed by atoms with E-state index >= 15 is 0 Å². The summed E-state index contributed by atoms with van der Waals surface area (Å²) in [5.41, 5.74) is 3.63. The highest BCUT2D eigenvalue weighted by Crippen LogP contribution is 2.25. The van der Waals surface area contributed by atoms with Crippen LogP contribution in [0.3, 0.4) is 0 Å². The van der Waals surface area contributed by atoms with Gasteiger partial charge in [-0.3, -0.25) is 9.59 Å². The van der Waals surface area contributed by atoms with E-state index in [9.17, 15) is 14.0 Å². The van der Waals surface area contributed by atoms with Gasteiger partial charge >= 0.3 is 0 Å². The van der Waals surface area contributed by atoms with Crippen LogP contribution in [0.15, 0.2) is 76.3 Å². The Balaban J connectivity index is 1.53. The molecular weight excluding hydrogens is 481 g/mol. The van der Waals surface area contributed by atoms with Gasteiger partial charge in [0.05, 0.1) is 23.5 Å². The average Bonchev–Trinajstić information content (AvgIpc) is 2.80. The molecule has 3 aromatic rings. The van der Waals surface area contributed by atoms with E-state index in [0.29, 0.717) is 27.1 Å². The van der Waals surface area contributed by atoms with E-state index in [1.54, 1.807) is 48.5 Å². The number of nitrogens with zero attached hydrogens (tertiary/aromatic N) is 1. The van der Waals surface area contributed by atoms with E-state index in [1.165, 1.54) is 31.5 Å². The van der Waals surface area contributed by atoms with Gasteiger partial charge < -0.3 is 14.8 Å². The molecule has 0 spiro atoms. The maximum Gasteiger partial charge on any atom is 0.271 e. The SMILES string of the molecule is COc1cccc(C(=O)N/N=C/c2ccc(OCC(=O)Nc3ccccc3F)c(Br)c2)c1. The fraction of sp³-hybridized carbons (Fsp3) is 0.0870. The molecule has 0 aromatic heterocycles. The second kappa shape index (κ2) is 11.1. The van der Waals surface area contributed by atoms with Gasteiger partial charge in [-0.1, -0.05) is 18.2 Å². The molecule has 0 heterocycles. The van der Waals surface area contributed by atoms with Gasteiger partial charge in [0.2, 0.25) is 0 Å². The number of nitrogens with one attached hydrogen (secondary N) is 2. The first-order valence-corrected chi connectivity index (χ1v) is 10.2. The van der Waals surface area contributed by atoms with E-state index < -0.39 is 11.7 Å². The number of methoxy groups -OCH3 is 1. The number of anilines is 1. The van der Waals surface area contributed by atoms with Gasteiger partial charge in [-0.15, -0.1) is 0 Å². The van der Waals surface area contributed by atoms with Crippen LogP contribution in [0.5, 0.6) is 11.5 Å². The molecule has 2 amide bonds. The Labute approximate surface area is 192 Å². The molecule has 7 nitrogen and oxygen atoms in total. The normalized spacial score (nSPS) is 10.6. The Hall–Kier alpha value is -3.72. The largest absolute Gasteiger partial charge is 0.497 e. The lowest BCUT2D eigenvalue weighted by Crippen LogP contribution is -2.20. The number of hydrogen-bond acceptors (Lipinski definition) is 5. The van der Waals surface area contributed by atoms with E-state index in [0.717, 1.165) is 0 Å². The zero-order valence-electron chi connectivity index (χ0n) is 17.0. The summed E-state index contributed by atoms with van der Waals surface area (Å²) in [7, 11) is 1.52. The third-order valence-corrected chi connectivity index (χ3v) is 4.79. The van der Waals surface area contributed by atoms with Crippen molar-refractivity contribution in [2.45, 2.75) is 0 Å². The molecule has 164 valence electrons. The molecule has 2 N–H and O–H groups in total. The molecule has 0 aliphatic heterocycles. The van der Waals surface area contributed by atoms with Gasteiger partial charge in [0, 0.05) is 5.56 Å². The molecule has 0 saturated heterocycles. The van der Waals surface area contributed by atoms with Crippen LogP contribution >= 0.6 is 15.9 Å². The van der Waals surface area contributed by atoms with E-state index in [1.807, 2.05) is 0 Å². The van der Waals surface area contributed by atoms with Crippen molar-refractivity contribution >= 4 is 39.6 Å². The smallest absolute Gasteiger partial charge is 0.271 e. The average molecular weight is 500 g/mol. The monoisotopic (exact) mass is 499 g/mol. The number of carbonyl (C=O) groups is 2. The van der Waals surface area contributed by atoms with Gasteiger partial charge in [-0.05, 0) is 70.0 Å². The number of hydrogen-bond donors (Lipinski definition) is 2. The summed E-state index contributed by atoms with van der Waals surface area (Å²) < 4.78 is 24.8. The van der Waals surface area contributed by atoms with Gasteiger partial charge in [0.1, 0.15) is 17.3 Å². The summed E-state index contributed by atoms with van der Waals surface area (Å²) in [5.74, 6) is -0.396. The van der Waals surface area contributed by atoms with Gasteiger partial charge in [-0.25, -0.2) is 9.82 Å². The van der Waals surface area contributed by atoms with Gasteiger partial charge in [0.25, 0.3) is 11.8 Å². The minimum absolute atomic E-state index is 0.0859. The van der Waals surface area contributed by atoms with Crippen LogP contribution in [0.4, 0.5) is 10.1 Å². The highest BCUT2D eigenvalue weighted by molar-refractivity contribution is 9.10. The Kier molecular flexibility index (Phi) is 7.93. The van der Waals surface area contributed by atoms with Crippen molar-refractivity contribution in [3.63, 3.8) is 0 Å². The third-order valence-electron chi connectivity index (χ3n) is 4.17. The molecule has 0 unspecified atom stereocenters. The molecular formula is C23H19BrFN3O4. The molecule has 0 atom stereocenters. The summed E-state index contributed by atoms with van der Waals surface area (Å²) in [6.45, 7) is -0.295. The predicted octanol–water partition coefficient (Wildman–Crippen LogP) is 4.38. The van der Waals surface area contributed by atoms with Crippen molar-refractivity contribution < 1.29 is 23.5 Å². The molecule has 32 heavy (non-hydrogen) atoms. The van der Waals surface area contributed by atoms with Crippen molar-refractivity contribution in [1.29, 1.82) is 0 Å². The molecule has 3 rings (SSSR count). The first kappa shape index (κ1) is 23.0. The molecule has 0 radical (unpaired) electrons. The van der Waals surface area contributed by atoms with Gasteiger partial charge in [0.15, 0.2) is 6.61 Å². The van der Waals surface area contributed by atoms with E-state index in [2.05, 4.69) is 31.8 Å². The Morgan fingerprint density at radius 1 is 1.09 bits per heavy atom. The Morgan fingerprint density at radius 3 is 2.66 bits per heavy atom. The Bertz CT molecular complexity index is 1150. The van der Waals surface area contributed by atoms with Crippen LogP contribution in [-0.2, 0) is 4.79 Å². The molecule has 0 fully saturated rings. The number of hydrazone groups is 1. The first-order chi connectivity index (χ1) is 15.5. The molecule has 9 heteroatoms. The number of benzene rings is 3. The van der Waals surface area contributed by atoms with Crippen LogP contribution in [0.1, 0.15) is 15.9 Å². The second-order valence-electron chi connectivity index (χ2n) is 6.44. The highest BCUT2D eigenvalue weighted by atomic mass is 79.9. The first-order valence-electron chi connectivity index (χ1n) is 9.40. The van der Waals surface area contributed by atoms with Crippen molar-refractivity contribution in [1.82, 2.24) is 5.43 Å². The molecule has 0 aliphatic rings. The number of carbonyl (C=O) groups excluding carboxylic acids is 2. The summed E-state index contributed by atoms with van der Waals surface area (Å²) in [4.78, 5) is 24.1. The van der Waals surface area contributed by atoms with Crippen LogP contribution in [0, 0.1) is 5.82 Å². The Morgan fingerprint density at radius 2 is 1.91 bits per heavy atom. The van der Waals surface area contributed by atoms with Crippen LogP contribution < -0.4 is 20.2 Å². The topological polar surface area (TPSA) is 89.0 Å². The second-order valence-corrected chi connectivity index (χ2v) is 7.29. The molecule has 0 saturated carbocycles. The van der Waals surface area contributed by atoms with E-state index in [-0.39, 0.29) is 18.2 Å². The highest BCUT2D eigenvalue weighted by Gasteiger charge is 2.09. The summed E-state index contributed by atoms with van der Waals surface area (Å²) in [5, 5.41) is 6.39. The number of rotatable bonds is 8. The predicted molar refractivity (Wildman–Crippen MR) is 123 cm³/mol. The third kappa shape index (κ3) is 6.39. The molecule has 0 bridgehead atoms. The van der Waals surface area contributed by atoms with Crippen LogP contribution in [-0.4, -0.2) is 31.7 Å². The zero-order chi connectivity index (χ0) is 22.9. The number of halogens is 2. The van der Waals surface area contributed by atoms with Crippen LogP contribution in [0.2, 0.25) is 0 Å². The fourth-order valence-electron chi connectivity index (χ4n) is 2.60. The lowest BCUT2D eigenvalue weighted by Gasteiger charge is -2.10. The summed E-state index contributed by atoms with van der Waals surface area (Å²) in [6.07, 6.45) is 1.47. The fourth-order valence-corrected chi connectivity index (χ4v) is 3.11. The summed E-state index contributed by atoms with van der Waals surface area (Å²) >= 11 is 3.37.